The van der Waals surface area contributed by atoms with Crippen LogP contribution in [0.4, 0.5) is 5.69 Å². The third-order valence-electron chi connectivity index (χ3n) is 3.58. The Balaban J connectivity index is 2.05. The lowest BCUT2D eigenvalue weighted by Gasteiger charge is -2.18. The Hall–Kier alpha value is -2.39. The molecule has 2 aromatic rings. The Labute approximate surface area is 162 Å². The Morgan fingerprint density at radius 2 is 1.96 bits per heavy atom. The molecule has 0 atom stereocenters. The first-order valence-corrected chi connectivity index (χ1v) is 9.26. The molecule has 0 aliphatic rings. The van der Waals surface area contributed by atoms with Gasteiger partial charge in [-0.1, -0.05) is 34.1 Å². The van der Waals surface area contributed by atoms with E-state index in [1.165, 1.54) is 12.1 Å². The van der Waals surface area contributed by atoms with Crippen LogP contribution in [-0.4, -0.2) is 34.4 Å². The monoisotopic (exact) mass is 437 g/mol. The van der Waals surface area contributed by atoms with E-state index in [2.05, 4.69) is 15.9 Å². The second kappa shape index (κ2) is 8.81. The van der Waals surface area contributed by atoms with Gasteiger partial charge >= 0.3 is 0 Å². The van der Waals surface area contributed by atoms with E-state index < -0.39 is 10.8 Å². The summed E-state index contributed by atoms with van der Waals surface area (Å²) in [5.74, 6) is -0.870. The fourth-order valence-corrected chi connectivity index (χ4v) is 3.51. The van der Waals surface area contributed by atoms with Crippen molar-refractivity contribution in [2.24, 2.45) is 5.73 Å². The molecule has 0 saturated carbocycles. The number of halogens is 1. The van der Waals surface area contributed by atoms with E-state index in [0.29, 0.717) is 11.4 Å². The number of hydrogen-bond acceptors (Lipinski definition) is 5. The molecule has 0 aliphatic heterocycles. The van der Waals surface area contributed by atoms with Crippen LogP contribution in [0, 0.1) is 10.1 Å². The van der Waals surface area contributed by atoms with Crippen LogP contribution in [0.5, 0.6) is 0 Å². The van der Waals surface area contributed by atoms with Gasteiger partial charge in [0.05, 0.1) is 15.6 Å². The van der Waals surface area contributed by atoms with Crippen LogP contribution in [0.1, 0.15) is 15.9 Å². The molecule has 7 nitrogen and oxygen atoms in total. The van der Waals surface area contributed by atoms with Gasteiger partial charge < -0.3 is 10.6 Å². The summed E-state index contributed by atoms with van der Waals surface area (Å²) in [6.07, 6.45) is 0. The minimum absolute atomic E-state index is 0.0394. The van der Waals surface area contributed by atoms with Gasteiger partial charge in [0.15, 0.2) is 0 Å². The summed E-state index contributed by atoms with van der Waals surface area (Å²) in [4.78, 5) is 36.0. The van der Waals surface area contributed by atoms with Gasteiger partial charge in [0.2, 0.25) is 11.8 Å². The molecule has 0 spiro atoms. The molecule has 2 aromatic carbocycles. The summed E-state index contributed by atoms with van der Waals surface area (Å²) >= 11 is 4.49. The molecule has 2 rings (SSSR count). The average molecular weight is 438 g/mol. The molecule has 0 aliphatic carbocycles. The van der Waals surface area contributed by atoms with E-state index in [0.717, 1.165) is 27.9 Å². The molecule has 0 heterocycles. The van der Waals surface area contributed by atoms with E-state index in [9.17, 15) is 19.7 Å². The summed E-state index contributed by atoms with van der Waals surface area (Å²) in [7, 11) is 1.67. The van der Waals surface area contributed by atoms with E-state index in [1.807, 2.05) is 24.3 Å². The third kappa shape index (κ3) is 5.06. The maximum absolute atomic E-state index is 12.3. The molecular formula is C17H16BrN3O4S. The predicted molar refractivity (Wildman–Crippen MR) is 103 cm³/mol. The maximum atomic E-state index is 12.3. The Morgan fingerprint density at radius 1 is 1.27 bits per heavy atom. The van der Waals surface area contributed by atoms with E-state index in [-0.39, 0.29) is 22.9 Å². The molecule has 0 radical (unpaired) electrons. The van der Waals surface area contributed by atoms with Gasteiger partial charge in [-0.2, -0.15) is 0 Å². The minimum atomic E-state index is -0.742. The Bertz CT molecular complexity index is 860. The van der Waals surface area contributed by atoms with Crippen LogP contribution in [0.25, 0.3) is 0 Å². The molecule has 136 valence electrons. The second-order valence-electron chi connectivity index (χ2n) is 5.43. The van der Waals surface area contributed by atoms with E-state index >= 15 is 0 Å². The van der Waals surface area contributed by atoms with Gasteiger partial charge in [0.1, 0.15) is 0 Å². The number of nitro groups is 1. The smallest absolute Gasteiger partial charge is 0.283 e. The fourth-order valence-electron chi connectivity index (χ4n) is 2.16. The van der Waals surface area contributed by atoms with Crippen LogP contribution >= 0.6 is 27.7 Å². The van der Waals surface area contributed by atoms with Gasteiger partial charge in [-0.25, -0.2) is 0 Å². The number of primary amides is 1. The highest BCUT2D eigenvalue weighted by molar-refractivity contribution is 9.10. The van der Waals surface area contributed by atoms with Crippen molar-refractivity contribution in [3.63, 3.8) is 0 Å². The first-order chi connectivity index (χ1) is 12.3. The zero-order chi connectivity index (χ0) is 19.3. The van der Waals surface area contributed by atoms with Crippen molar-refractivity contribution in [3.05, 3.63) is 68.2 Å². The fraction of sp³-hybridized carbons (Fsp3) is 0.176. The number of carbonyl (C=O) groups excluding carboxylic acids is 2. The van der Waals surface area contributed by atoms with Gasteiger partial charge in [-0.05, 0) is 23.8 Å². The molecule has 0 bridgehead atoms. The second-order valence-corrected chi connectivity index (χ2v) is 7.31. The lowest BCUT2D eigenvalue weighted by molar-refractivity contribution is -0.387. The van der Waals surface area contributed by atoms with Crippen molar-refractivity contribution in [1.82, 2.24) is 4.90 Å². The van der Waals surface area contributed by atoms with Crippen molar-refractivity contribution in [2.75, 3.05) is 12.8 Å². The highest BCUT2D eigenvalue weighted by Gasteiger charge is 2.19. The number of nitrogens with zero attached hydrogens (tertiary/aromatic N) is 2. The molecule has 0 fully saturated rings. The number of rotatable bonds is 7. The number of benzene rings is 2. The Kier molecular flexibility index (Phi) is 6.76. The number of nitro benzene ring substituents is 1. The molecule has 0 saturated heterocycles. The summed E-state index contributed by atoms with van der Waals surface area (Å²) in [6, 6.07) is 11.5. The summed E-state index contributed by atoms with van der Waals surface area (Å²) in [5, 5.41) is 11.2. The van der Waals surface area contributed by atoms with E-state index in [4.69, 9.17) is 5.73 Å². The highest BCUT2D eigenvalue weighted by Crippen LogP contribution is 2.30. The number of thioether (sulfide) groups is 1. The van der Waals surface area contributed by atoms with E-state index in [1.54, 1.807) is 11.9 Å². The van der Waals surface area contributed by atoms with Crippen LogP contribution < -0.4 is 5.73 Å². The van der Waals surface area contributed by atoms with Gasteiger partial charge in [0.25, 0.3) is 5.69 Å². The molecule has 0 unspecified atom stereocenters. The molecule has 9 heteroatoms. The number of carbonyl (C=O) groups is 2. The zero-order valence-electron chi connectivity index (χ0n) is 13.8. The zero-order valence-corrected chi connectivity index (χ0v) is 16.2. The minimum Gasteiger partial charge on any atom is -0.366 e. The summed E-state index contributed by atoms with van der Waals surface area (Å²) < 4.78 is 0.907. The third-order valence-corrected chi connectivity index (χ3v) is 5.40. The van der Waals surface area contributed by atoms with Crippen LogP contribution in [0.15, 0.2) is 51.8 Å². The van der Waals surface area contributed by atoms with Gasteiger partial charge in [0, 0.05) is 29.7 Å². The number of nitrogens with two attached hydrogens (primary N) is 1. The average Bonchev–Trinajstić information content (AvgIpc) is 2.61. The molecule has 2 amide bonds. The van der Waals surface area contributed by atoms with Crippen molar-refractivity contribution in [2.45, 2.75) is 11.4 Å². The van der Waals surface area contributed by atoms with Gasteiger partial charge in [-0.15, -0.1) is 11.8 Å². The first-order valence-electron chi connectivity index (χ1n) is 7.48. The molecular weight excluding hydrogens is 422 g/mol. The van der Waals surface area contributed by atoms with Crippen LogP contribution in [-0.2, 0) is 11.3 Å². The standard InChI is InChI=1S/C17H16BrN3O4S/c1-20(9-12-4-2-3-5-13(12)18)16(22)10-26-15-7-6-11(17(19)23)8-14(15)21(24)25/h2-8H,9-10H2,1H3,(H2,19,23). The molecule has 26 heavy (non-hydrogen) atoms. The van der Waals surface area contributed by atoms with Crippen LogP contribution in [0.2, 0.25) is 0 Å². The quantitative estimate of drug-likeness (QED) is 0.406. The maximum Gasteiger partial charge on any atom is 0.283 e. The normalized spacial score (nSPS) is 10.4. The number of hydrogen-bond donors (Lipinski definition) is 1. The van der Waals surface area contributed by atoms with Gasteiger partial charge in [-0.3, -0.25) is 19.7 Å². The predicted octanol–water partition coefficient (Wildman–Crippen LogP) is 3.21. The van der Waals surface area contributed by atoms with Crippen molar-refractivity contribution in [3.8, 4) is 0 Å². The summed E-state index contributed by atoms with van der Waals surface area (Å²) in [5.41, 5.74) is 5.92. The lowest BCUT2D eigenvalue weighted by Crippen LogP contribution is -2.27. The SMILES string of the molecule is CN(Cc1ccccc1Br)C(=O)CSc1ccc(C(N)=O)cc1[N+](=O)[O-]. The largest absolute Gasteiger partial charge is 0.366 e. The summed E-state index contributed by atoms with van der Waals surface area (Å²) in [6.45, 7) is 0.420. The van der Waals surface area contributed by atoms with Crippen molar-refractivity contribution >= 4 is 45.2 Å². The molecule has 0 aromatic heterocycles. The van der Waals surface area contributed by atoms with Crippen molar-refractivity contribution in [1.29, 1.82) is 0 Å². The van der Waals surface area contributed by atoms with Crippen molar-refractivity contribution < 1.29 is 14.5 Å². The van der Waals surface area contributed by atoms with Crippen LogP contribution in [0.3, 0.4) is 0 Å². The lowest BCUT2D eigenvalue weighted by atomic mass is 10.2. The molecule has 2 N–H and O–H groups in total. The first kappa shape index (κ1) is 19.9. The Morgan fingerprint density at radius 3 is 2.58 bits per heavy atom. The topological polar surface area (TPSA) is 107 Å². The number of amides is 2. The highest BCUT2D eigenvalue weighted by atomic mass is 79.9.